The minimum Gasteiger partial charge on any atom is -0.491 e. The number of rotatable bonds is 9. The van der Waals surface area contributed by atoms with Gasteiger partial charge in [-0.05, 0) is 42.8 Å². The number of anilines is 2. The van der Waals surface area contributed by atoms with E-state index in [1.807, 2.05) is 0 Å². The average molecular weight is 626 g/mol. The van der Waals surface area contributed by atoms with Gasteiger partial charge in [-0.25, -0.2) is 17.6 Å². The summed E-state index contributed by atoms with van der Waals surface area (Å²) in [6.45, 7) is -0.584. The second kappa shape index (κ2) is 11.4. The summed E-state index contributed by atoms with van der Waals surface area (Å²) in [6.07, 6.45) is -6.89. The lowest BCUT2D eigenvalue weighted by Gasteiger charge is -2.37. The van der Waals surface area contributed by atoms with Gasteiger partial charge in [0.25, 0.3) is 0 Å². The van der Waals surface area contributed by atoms with E-state index in [0.717, 1.165) is 11.8 Å². The molecule has 0 bridgehead atoms. The number of carbonyl (C=O) groups is 1. The van der Waals surface area contributed by atoms with Crippen molar-refractivity contribution in [1.29, 1.82) is 0 Å². The summed E-state index contributed by atoms with van der Waals surface area (Å²) in [6, 6.07) is 8.30. The number of alkyl halides is 6. The quantitative estimate of drug-likeness (QED) is 0.287. The minimum atomic E-state index is -4.48. The average Bonchev–Trinajstić information content (AvgIpc) is 2.96. The van der Waals surface area contributed by atoms with Crippen molar-refractivity contribution >= 4 is 40.9 Å². The van der Waals surface area contributed by atoms with E-state index in [-0.39, 0.29) is 45.0 Å². The molecule has 2 aromatic carbocycles. The van der Waals surface area contributed by atoms with Crippen molar-refractivity contribution in [2.75, 3.05) is 31.3 Å². The van der Waals surface area contributed by atoms with Crippen molar-refractivity contribution < 1.29 is 50.1 Å². The summed E-state index contributed by atoms with van der Waals surface area (Å²) in [5.74, 6) is -5.35. The summed E-state index contributed by atoms with van der Waals surface area (Å²) in [5.41, 5.74) is -2.21. The molecule has 2 aromatic rings. The zero-order valence-corrected chi connectivity index (χ0v) is 23.1. The van der Waals surface area contributed by atoms with Crippen molar-refractivity contribution in [3.63, 3.8) is 0 Å². The maximum atomic E-state index is 15.5. The first-order valence-corrected chi connectivity index (χ1v) is 14.6. The number of nitrogens with zero attached hydrogens (tertiary/aromatic N) is 1. The van der Waals surface area contributed by atoms with Crippen molar-refractivity contribution in [3.05, 3.63) is 42.2 Å². The Morgan fingerprint density at radius 2 is 1.85 bits per heavy atom. The highest BCUT2D eigenvalue weighted by molar-refractivity contribution is 8.00. The predicted octanol–water partition coefficient (Wildman–Crippen LogP) is 7.69. The van der Waals surface area contributed by atoms with Gasteiger partial charge >= 0.3 is 12.1 Å². The van der Waals surface area contributed by atoms with Crippen LogP contribution in [0.4, 0.5) is 42.1 Å². The smallest absolute Gasteiger partial charge is 0.389 e. The molecule has 2 heterocycles. The number of hydrogen-bond acceptors (Lipinski definition) is 6. The van der Waals surface area contributed by atoms with Crippen LogP contribution in [0.2, 0.25) is 0 Å². The Kier molecular flexibility index (Phi) is 8.38. The van der Waals surface area contributed by atoms with Crippen LogP contribution < -0.4 is 9.64 Å². The predicted molar refractivity (Wildman–Crippen MR) is 140 cm³/mol. The van der Waals surface area contributed by atoms with Gasteiger partial charge in [-0.3, -0.25) is 4.79 Å². The highest BCUT2D eigenvalue weighted by Crippen LogP contribution is 2.53. The number of halogens is 7. The van der Waals surface area contributed by atoms with Crippen LogP contribution in [0.15, 0.2) is 46.2 Å². The Hall–Kier alpha value is -2.32. The van der Waals surface area contributed by atoms with Gasteiger partial charge in [0.15, 0.2) is 5.50 Å². The van der Waals surface area contributed by atoms with Gasteiger partial charge in [0.1, 0.15) is 23.6 Å². The number of carboxylic acid groups (broad SMARTS) is 1. The summed E-state index contributed by atoms with van der Waals surface area (Å²) in [7, 11) is 0. The van der Waals surface area contributed by atoms with E-state index in [1.54, 1.807) is 11.0 Å². The minimum absolute atomic E-state index is 0.0782. The van der Waals surface area contributed by atoms with Crippen LogP contribution in [0, 0.1) is 17.2 Å². The number of benzene rings is 2. The summed E-state index contributed by atoms with van der Waals surface area (Å²) < 4.78 is 107. The van der Waals surface area contributed by atoms with Gasteiger partial charge in [-0.1, -0.05) is 11.8 Å². The SMILES string of the molecule is O=C(O)C1(COc2cc3c(cc2SC2CC(F)(F)C2)N(c2ccc(F)cc2)CC(CCC(F)(F)F)C(F)S3)COC1. The van der Waals surface area contributed by atoms with Crippen molar-refractivity contribution in [2.24, 2.45) is 11.3 Å². The molecule has 3 aliphatic rings. The molecule has 1 saturated heterocycles. The van der Waals surface area contributed by atoms with E-state index in [4.69, 9.17) is 9.47 Å². The van der Waals surface area contributed by atoms with Crippen molar-refractivity contribution in [1.82, 2.24) is 0 Å². The van der Waals surface area contributed by atoms with Gasteiger partial charge in [-0.15, -0.1) is 11.8 Å². The molecular weight excluding hydrogens is 599 g/mol. The molecular formula is C27H26F7NO4S2. The number of hydrogen-bond donors (Lipinski definition) is 1. The fourth-order valence-electron chi connectivity index (χ4n) is 4.81. The monoisotopic (exact) mass is 625 g/mol. The molecule has 0 spiro atoms. The van der Waals surface area contributed by atoms with Crippen LogP contribution in [-0.4, -0.2) is 60.3 Å². The van der Waals surface area contributed by atoms with Gasteiger partial charge in [-0.2, -0.15) is 13.2 Å². The zero-order valence-electron chi connectivity index (χ0n) is 21.4. The van der Waals surface area contributed by atoms with Gasteiger partial charge in [0, 0.05) is 47.6 Å². The number of thioether (sulfide) groups is 2. The molecule has 1 saturated carbocycles. The first kappa shape index (κ1) is 30.1. The molecule has 0 aromatic heterocycles. The molecule has 2 fully saturated rings. The summed E-state index contributed by atoms with van der Waals surface area (Å²) in [4.78, 5) is 14.1. The third-order valence-electron chi connectivity index (χ3n) is 7.34. The Morgan fingerprint density at radius 3 is 2.41 bits per heavy atom. The van der Waals surface area contributed by atoms with E-state index in [2.05, 4.69) is 0 Å². The number of carboxylic acids is 1. The maximum absolute atomic E-state index is 15.5. The molecule has 2 atom stereocenters. The van der Waals surface area contributed by atoms with Gasteiger partial charge in [0.05, 0.1) is 23.8 Å². The standard InChI is InChI=1S/C27H26F7NO4S2/c28-16-1-3-17(4-2-16)35-11-15(5-6-27(32,33)34)23(29)41-21-8-20(39-14-25(24(36)37)12-38-13-25)22(7-19(21)35)40-18-9-26(30,31)10-18/h1-4,7-8,15,18,23H,5-6,9-14H2,(H,36,37). The lowest BCUT2D eigenvalue weighted by atomic mass is 9.87. The van der Waals surface area contributed by atoms with Gasteiger partial charge < -0.3 is 19.5 Å². The second-order valence-electron chi connectivity index (χ2n) is 10.6. The molecule has 0 amide bonds. The summed E-state index contributed by atoms with van der Waals surface area (Å²) in [5, 5.41) is 9.19. The molecule has 1 aliphatic carbocycles. The fourth-order valence-corrected chi connectivity index (χ4v) is 7.36. The van der Waals surface area contributed by atoms with Crippen LogP contribution in [0.25, 0.3) is 0 Å². The normalized spacial score (nSPS) is 23.6. The fraction of sp³-hybridized carbons (Fsp3) is 0.519. The molecule has 2 unspecified atom stereocenters. The molecule has 41 heavy (non-hydrogen) atoms. The molecule has 1 N–H and O–H groups in total. The molecule has 14 heteroatoms. The Balaban J connectivity index is 1.52. The summed E-state index contributed by atoms with van der Waals surface area (Å²) >= 11 is 1.83. The van der Waals surface area contributed by atoms with Crippen LogP contribution >= 0.6 is 23.5 Å². The lowest BCUT2D eigenvalue weighted by Crippen LogP contribution is -2.53. The third-order valence-corrected chi connectivity index (χ3v) is 9.77. The highest BCUT2D eigenvalue weighted by atomic mass is 32.2. The van der Waals surface area contributed by atoms with Crippen molar-refractivity contribution in [3.8, 4) is 5.75 Å². The van der Waals surface area contributed by atoms with E-state index >= 15 is 4.39 Å². The van der Waals surface area contributed by atoms with E-state index in [0.29, 0.717) is 32.9 Å². The van der Waals surface area contributed by atoms with Crippen LogP contribution in [0.5, 0.6) is 5.75 Å². The largest absolute Gasteiger partial charge is 0.491 e. The van der Waals surface area contributed by atoms with Crippen LogP contribution in [-0.2, 0) is 9.53 Å². The third kappa shape index (κ3) is 6.85. The Labute approximate surface area is 239 Å². The topological polar surface area (TPSA) is 59.0 Å². The molecule has 2 aliphatic heterocycles. The molecule has 5 nitrogen and oxygen atoms in total. The number of fused-ring (bicyclic) bond motifs is 1. The molecule has 5 rings (SSSR count). The van der Waals surface area contributed by atoms with E-state index < -0.39 is 58.8 Å². The van der Waals surface area contributed by atoms with E-state index in [1.165, 1.54) is 30.3 Å². The Bertz CT molecular complexity index is 1270. The van der Waals surface area contributed by atoms with E-state index in [9.17, 15) is 36.2 Å². The Morgan fingerprint density at radius 1 is 1.17 bits per heavy atom. The lowest BCUT2D eigenvalue weighted by molar-refractivity contribution is -0.185. The molecule has 224 valence electrons. The molecule has 0 radical (unpaired) electrons. The van der Waals surface area contributed by atoms with Crippen LogP contribution in [0.1, 0.15) is 25.7 Å². The van der Waals surface area contributed by atoms with Crippen LogP contribution in [0.3, 0.4) is 0 Å². The van der Waals surface area contributed by atoms with Crippen molar-refractivity contribution in [2.45, 2.75) is 58.3 Å². The first-order chi connectivity index (χ1) is 19.2. The number of aliphatic carboxylic acids is 1. The number of ether oxygens (including phenoxy) is 2. The highest BCUT2D eigenvalue weighted by Gasteiger charge is 2.48. The maximum Gasteiger partial charge on any atom is 0.389 e. The van der Waals surface area contributed by atoms with Gasteiger partial charge in [0.2, 0.25) is 5.92 Å². The first-order valence-electron chi connectivity index (χ1n) is 12.8. The second-order valence-corrected chi connectivity index (χ2v) is 13.1. The zero-order chi connectivity index (χ0) is 29.6.